The van der Waals surface area contributed by atoms with E-state index in [9.17, 15) is 24.9 Å². The Hall–Kier alpha value is -1.84. The van der Waals surface area contributed by atoms with E-state index in [4.69, 9.17) is 14.2 Å². The lowest BCUT2D eigenvalue weighted by Crippen LogP contribution is -2.63. The predicted octanol–water partition coefficient (Wildman–Crippen LogP) is 3.10. The van der Waals surface area contributed by atoms with Crippen LogP contribution in [0.1, 0.15) is 61.3 Å². The summed E-state index contributed by atoms with van der Waals surface area (Å²) in [5.41, 5.74) is -1.79. The van der Waals surface area contributed by atoms with E-state index in [1.54, 1.807) is 31.2 Å². The number of ketones is 1. The Balaban J connectivity index is 2.35. The van der Waals surface area contributed by atoms with Crippen molar-refractivity contribution in [3.63, 3.8) is 0 Å². The largest absolute Gasteiger partial charge is 0.459 e. The lowest BCUT2D eigenvalue weighted by atomic mass is 9.82. The first-order chi connectivity index (χ1) is 16.8. The topological polar surface area (TPSA) is 123 Å². The van der Waals surface area contributed by atoms with Gasteiger partial charge >= 0.3 is 5.97 Å². The summed E-state index contributed by atoms with van der Waals surface area (Å²) in [6.07, 6.45) is 5.23. The van der Waals surface area contributed by atoms with Gasteiger partial charge in [0.1, 0.15) is 17.8 Å². The number of carbonyl (C=O) groups is 2. The SMILES string of the molecule is C[C@@H]1C[C@](O)([C@@H](C)O)[C@@H](O)[C@H](O[C@@H]2[C@@H](C)/C=C/C(=O)O[C@H](C)[C@@H](C)/C=C/C=C/C(=O)[C@H](C)C[C@@H]2C)O1. The van der Waals surface area contributed by atoms with Gasteiger partial charge in [0.05, 0.1) is 18.3 Å². The summed E-state index contributed by atoms with van der Waals surface area (Å²) in [5, 5.41) is 32.0. The van der Waals surface area contributed by atoms with Crippen LogP contribution in [0.4, 0.5) is 0 Å². The number of cyclic esters (lactones) is 1. The third-order valence-electron chi connectivity index (χ3n) is 7.42. The highest BCUT2D eigenvalue weighted by molar-refractivity contribution is 5.91. The van der Waals surface area contributed by atoms with Crippen molar-refractivity contribution < 1.29 is 39.1 Å². The van der Waals surface area contributed by atoms with E-state index in [1.807, 2.05) is 40.7 Å². The van der Waals surface area contributed by atoms with Gasteiger partial charge in [0.15, 0.2) is 12.1 Å². The molecule has 0 aromatic carbocycles. The molecule has 2 rings (SSSR count). The summed E-state index contributed by atoms with van der Waals surface area (Å²) in [6.45, 7) is 12.6. The highest BCUT2D eigenvalue weighted by atomic mass is 16.7. The van der Waals surface area contributed by atoms with E-state index >= 15 is 0 Å². The molecule has 1 saturated heterocycles. The summed E-state index contributed by atoms with van der Waals surface area (Å²) in [7, 11) is 0. The van der Waals surface area contributed by atoms with E-state index < -0.39 is 42.3 Å². The second-order valence-electron chi connectivity index (χ2n) is 10.7. The molecule has 0 aromatic heterocycles. The highest BCUT2D eigenvalue weighted by Gasteiger charge is 2.51. The van der Waals surface area contributed by atoms with Crippen molar-refractivity contribution in [1.29, 1.82) is 0 Å². The number of hydrogen-bond donors (Lipinski definition) is 3. The summed E-state index contributed by atoms with van der Waals surface area (Å²) < 4.78 is 17.6. The molecule has 0 bridgehead atoms. The van der Waals surface area contributed by atoms with Gasteiger partial charge in [-0.2, -0.15) is 0 Å². The number of carbonyl (C=O) groups excluding carboxylic acids is 2. The van der Waals surface area contributed by atoms with Crippen LogP contribution in [0.3, 0.4) is 0 Å². The minimum atomic E-state index is -1.79. The predicted molar refractivity (Wildman–Crippen MR) is 136 cm³/mol. The van der Waals surface area contributed by atoms with Crippen molar-refractivity contribution in [3.05, 3.63) is 36.5 Å². The number of esters is 1. The molecular formula is C28H44O8. The van der Waals surface area contributed by atoms with Gasteiger partial charge in [0.2, 0.25) is 0 Å². The molecule has 2 aliphatic rings. The van der Waals surface area contributed by atoms with Crippen molar-refractivity contribution in [1.82, 2.24) is 0 Å². The van der Waals surface area contributed by atoms with E-state index in [0.717, 1.165) is 0 Å². The Bertz CT molecular complexity index is 833. The first-order valence-electron chi connectivity index (χ1n) is 12.9. The molecular weight excluding hydrogens is 464 g/mol. The van der Waals surface area contributed by atoms with Gasteiger partial charge in [-0.25, -0.2) is 4.79 Å². The molecule has 0 amide bonds. The number of hydrogen-bond acceptors (Lipinski definition) is 8. The van der Waals surface area contributed by atoms with E-state index in [-0.39, 0.29) is 42.0 Å². The maximum atomic E-state index is 12.7. The molecule has 11 atom stereocenters. The molecule has 0 aliphatic carbocycles. The first-order valence-corrected chi connectivity index (χ1v) is 12.9. The van der Waals surface area contributed by atoms with Gasteiger partial charge in [-0.15, -0.1) is 0 Å². The molecule has 2 aliphatic heterocycles. The van der Waals surface area contributed by atoms with Gasteiger partial charge in [-0.05, 0) is 39.2 Å². The van der Waals surface area contributed by atoms with Gasteiger partial charge in [0.25, 0.3) is 0 Å². The third kappa shape index (κ3) is 7.83. The molecule has 8 nitrogen and oxygen atoms in total. The fourth-order valence-electron chi connectivity index (χ4n) is 4.81. The zero-order valence-corrected chi connectivity index (χ0v) is 22.5. The standard InChI is InChI=1S/C28H44O8/c1-16-10-8-9-11-23(30)18(3)14-19(4)25(17(2)12-13-24(31)35-21(16)6)36-27-26(32)28(33,22(7)29)15-20(5)34-27/h8-13,16-22,25-27,29,32-33H,14-15H2,1-7H3/b10-8+,11-9+,13-12+/t16-,17-,18+,19-,20+,21+,22+,25+,26-,27-,28-/m0/s1. The third-order valence-corrected chi connectivity index (χ3v) is 7.42. The molecule has 0 spiro atoms. The van der Waals surface area contributed by atoms with Crippen LogP contribution in [0.5, 0.6) is 0 Å². The molecule has 0 saturated carbocycles. The van der Waals surface area contributed by atoms with Crippen molar-refractivity contribution in [2.45, 2.75) is 104 Å². The van der Waals surface area contributed by atoms with Crippen molar-refractivity contribution >= 4 is 11.8 Å². The quantitative estimate of drug-likeness (QED) is 0.497. The Morgan fingerprint density at radius 3 is 2.33 bits per heavy atom. The number of aliphatic hydroxyl groups excluding tert-OH is 2. The second-order valence-corrected chi connectivity index (χ2v) is 10.7. The van der Waals surface area contributed by atoms with Crippen molar-refractivity contribution in [3.8, 4) is 0 Å². The molecule has 0 radical (unpaired) electrons. The highest BCUT2D eigenvalue weighted by Crippen LogP contribution is 2.35. The molecule has 0 unspecified atom stereocenters. The maximum Gasteiger partial charge on any atom is 0.330 e. The Morgan fingerprint density at radius 1 is 1.03 bits per heavy atom. The molecule has 204 valence electrons. The Morgan fingerprint density at radius 2 is 1.69 bits per heavy atom. The molecule has 0 aromatic rings. The second kappa shape index (κ2) is 13.1. The molecule has 8 heteroatoms. The summed E-state index contributed by atoms with van der Waals surface area (Å²) >= 11 is 0. The van der Waals surface area contributed by atoms with Crippen LogP contribution in [0.25, 0.3) is 0 Å². The van der Waals surface area contributed by atoms with Crippen LogP contribution in [0.2, 0.25) is 0 Å². The van der Waals surface area contributed by atoms with Crippen molar-refractivity contribution in [2.24, 2.45) is 23.7 Å². The fraction of sp³-hybridized carbons (Fsp3) is 0.714. The maximum absolute atomic E-state index is 12.7. The lowest BCUT2D eigenvalue weighted by molar-refractivity contribution is -0.322. The van der Waals surface area contributed by atoms with E-state index in [2.05, 4.69) is 0 Å². The van der Waals surface area contributed by atoms with E-state index in [0.29, 0.717) is 6.42 Å². The van der Waals surface area contributed by atoms with Crippen LogP contribution in [0.15, 0.2) is 36.5 Å². The van der Waals surface area contributed by atoms with E-state index in [1.165, 1.54) is 13.0 Å². The number of aliphatic hydroxyl groups is 3. The Labute approximate surface area is 215 Å². The zero-order valence-electron chi connectivity index (χ0n) is 22.5. The summed E-state index contributed by atoms with van der Waals surface area (Å²) in [5.74, 6) is -1.31. The average Bonchev–Trinajstić information content (AvgIpc) is 2.80. The van der Waals surface area contributed by atoms with Crippen LogP contribution in [0, 0.1) is 23.7 Å². The average molecular weight is 509 g/mol. The van der Waals surface area contributed by atoms with Gasteiger partial charge < -0.3 is 29.5 Å². The number of allylic oxidation sites excluding steroid dienone is 3. The molecule has 36 heavy (non-hydrogen) atoms. The van der Waals surface area contributed by atoms with Crippen LogP contribution >= 0.6 is 0 Å². The zero-order chi connectivity index (χ0) is 27.2. The van der Waals surface area contributed by atoms with Crippen LogP contribution in [-0.2, 0) is 23.8 Å². The van der Waals surface area contributed by atoms with Gasteiger partial charge in [-0.1, -0.05) is 52.0 Å². The summed E-state index contributed by atoms with van der Waals surface area (Å²) in [6, 6.07) is 0. The van der Waals surface area contributed by atoms with Crippen LogP contribution < -0.4 is 0 Å². The summed E-state index contributed by atoms with van der Waals surface area (Å²) in [4.78, 5) is 25.2. The fourth-order valence-corrected chi connectivity index (χ4v) is 4.81. The molecule has 2 heterocycles. The molecule has 3 N–H and O–H groups in total. The lowest BCUT2D eigenvalue weighted by Gasteiger charge is -2.47. The smallest absolute Gasteiger partial charge is 0.330 e. The Kier molecular flexibility index (Phi) is 11.1. The normalized spacial score (nSPS) is 44.9. The van der Waals surface area contributed by atoms with Crippen LogP contribution in [-0.4, -0.2) is 69.5 Å². The first kappa shape index (κ1) is 30.4. The minimum absolute atomic E-state index is 0.0151. The minimum Gasteiger partial charge on any atom is -0.459 e. The van der Waals surface area contributed by atoms with Gasteiger partial charge in [0, 0.05) is 30.3 Å². The van der Waals surface area contributed by atoms with Gasteiger partial charge in [-0.3, -0.25) is 4.79 Å². The van der Waals surface area contributed by atoms with Crippen molar-refractivity contribution in [2.75, 3.05) is 0 Å². The number of ether oxygens (including phenoxy) is 3. The molecule has 1 fully saturated rings. The monoisotopic (exact) mass is 508 g/mol. The number of rotatable bonds is 3.